The fourth-order valence-corrected chi connectivity index (χ4v) is 6.54. The monoisotopic (exact) mass is 539 g/mol. The van der Waals surface area contributed by atoms with Gasteiger partial charge in [-0.25, -0.2) is 4.99 Å². The van der Waals surface area contributed by atoms with Gasteiger partial charge in [-0.2, -0.15) is 18.3 Å². The van der Waals surface area contributed by atoms with Gasteiger partial charge in [0.05, 0.1) is 22.2 Å². The highest BCUT2D eigenvalue weighted by Gasteiger charge is 2.51. The van der Waals surface area contributed by atoms with Gasteiger partial charge in [-0.05, 0) is 36.2 Å². The van der Waals surface area contributed by atoms with E-state index in [1.54, 1.807) is 18.3 Å². The molecule has 2 unspecified atom stereocenters. The molecule has 0 saturated carbocycles. The fourth-order valence-electron chi connectivity index (χ4n) is 5.53. The van der Waals surface area contributed by atoms with Crippen LogP contribution in [0.2, 0.25) is 0 Å². The second kappa shape index (κ2) is 9.32. The van der Waals surface area contributed by atoms with Crippen LogP contribution in [0.4, 0.5) is 24.5 Å². The van der Waals surface area contributed by atoms with Gasteiger partial charge in [0, 0.05) is 50.1 Å². The number of nitrogens with two attached hydrogens (primary N) is 1. The summed E-state index contributed by atoms with van der Waals surface area (Å²) in [6, 6.07) is 16.1. The first kappa shape index (κ1) is 24.7. The van der Waals surface area contributed by atoms with Crippen molar-refractivity contribution in [2.24, 2.45) is 15.8 Å². The number of thiophene rings is 1. The molecule has 11 heteroatoms. The first-order chi connectivity index (χ1) is 18.3. The zero-order valence-electron chi connectivity index (χ0n) is 20.8. The number of nitrogens with zero attached hydrogens (tertiary/aromatic N) is 5. The summed E-state index contributed by atoms with van der Waals surface area (Å²) in [5.74, 6) is 0.126. The van der Waals surface area contributed by atoms with Crippen molar-refractivity contribution >= 4 is 34.9 Å². The fraction of sp³-hybridized carbons (Fsp3) is 0.333. The molecule has 1 aromatic heterocycles. The lowest BCUT2D eigenvalue weighted by Gasteiger charge is -2.43. The van der Waals surface area contributed by atoms with Gasteiger partial charge in [0.2, 0.25) is 5.66 Å². The molecule has 0 amide bonds. The van der Waals surface area contributed by atoms with Crippen LogP contribution in [-0.2, 0) is 11.8 Å². The number of halogens is 3. The van der Waals surface area contributed by atoms with E-state index in [0.717, 1.165) is 10.4 Å². The Morgan fingerprint density at radius 3 is 2.55 bits per heavy atom. The number of hydrogen-bond donors (Lipinski definition) is 2. The molecule has 3 aliphatic rings. The van der Waals surface area contributed by atoms with Crippen LogP contribution in [0.1, 0.15) is 34.0 Å². The SMILES string of the molecule is CN1CCN(c2ccc(C3(N4N=CCC4c4ccccc4)N=C(N)Nc4ccsc43)cc2C(F)(F)F)CC1. The van der Waals surface area contributed by atoms with Crippen LogP contribution >= 0.6 is 11.3 Å². The Morgan fingerprint density at radius 2 is 1.82 bits per heavy atom. The molecular formula is C27H28F3N7S. The van der Waals surface area contributed by atoms with Crippen LogP contribution in [0, 0.1) is 0 Å². The summed E-state index contributed by atoms with van der Waals surface area (Å²) in [5.41, 5.74) is 6.52. The zero-order valence-corrected chi connectivity index (χ0v) is 21.6. The lowest BCUT2D eigenvalue weighted by atomic mass is 9.90. The number of hydrogen-bond acceptors (Lipinski definition) is 8. The van der Waals surface area contributed by atoms with E-state index >= 15 is 0 Å². The largest absolute Gasteiger partial charge is 0.418 e. The van der Waals surface area contributed by atoms with E-state index < -0.39 is 17.4 Å². The molecule has 4 heterocycles. The van der Waals surface area contributed by atoms with Gasteiger partial charge < -0.3 is 20.9 Å². The first-order valence-corrected chi connectivity index (χ1v) is 13.4. The highest BCUT2D eigenvalue weighted by Crippen LogP contribution is 2.52. The Kier molecular flexibility index (Phi) is 6.07. The highest BCUT2D eigenvalue weighted by molar-refractivity contribution is 7.10. The Labute approximate surface area is 223 Å². The van der Waals surface area contributed by atoms with Crippen LogP contribution in [0.15, 0.2) is 70.1 Å². The second-order valence-corrected chi connectivity index (χ2v) is 10.7. The minimum atomic E-state index is -4.55. The lowest BCUT2D eigenvalue weighted by Crippen LogP contribution is -2.48. The smallest absolute Gasteiger partial charge is 0.370 e. The predicted molar refractivity (Wildman–Crippen MR) is 146 cm³/mol. The summed E-state index contributed by atoms with van der Waals surface area (Å²) in [4.78, 5) is 9.53. The molecule has 2 atom stereocenters. The molecular weight excluding hydrogens is 511 g/mol. The number of fused-ring (bicyclic) bond motifs is 1. The van der Waals surface area contributed by atoms with Crippen molar-refractivity contribution < 1.29 is 13.2 Å². The number of likely N-dealkylation sites (N-methyl/N-ethyl adjacent to an activating group) is 1. The Bertz CT molecular complexity index is 1380. The van der Waals surface area contributed by atoms with E-state index in [4.69, 9.17) is 15.8 Å². The van der Waals surface area contributed by atoms with Crippen molar-refractivity contribution in [1.29, 1.82) is 0 Å². The predicted octanol–water partition coefficient (Wildman–Crippen LogP) is 4.89. The number of rotatable bonds is 4. The first-order valence-electron chi connectivity index (χ1n) is 12.5. The number of piperazine rings is 1. The normalized spacial score (nSPS) is 23.8. The summed E-state index contributed by atoms with van der Waals surface area (Å²) >= 11 is 1.42. The number of hydrazone groups is 1. The van der Waals surface area contributed by atoms with Crippen LogP contribution in [0.25, 0.3) is 0 Å². The third-order valence-corrected chi connectivity index (χ3v) is 8.43. The van der Waals surface area contributed by atoms with Crippen molar-refractivity contribution in [3.63, 3.8) is 0 Å². The summed E-state index contributed by atoms with van der Waals surface area (Å²) in [7, 11) is 1.98. The van der Waals surface area contributed by atoms with Crippen LogP contribution in [0.3, 0.4) is 0 Å². The molecule has 0 radical (unpaired) electrons. The molecule has 1 saturated heterocycles. The summed E-state index contributed by atoms with van der Waals surface area (Å²) < 4.78 is 43.9. The number of aliphatic imine (C=N–C) groups is 1. The van der Waals surface area contributed by atoms with E-state index in [9.17, 15) is 13.2 Å². The molecule has 3 aromatic rings. The minimum absolute atomic E-state index is 0.126. The average Bonchev–Trinajstić information content (AvgIpc) is 3.59. The van der Waals surface area contributed by atoms with E-state index in [2.05, 4.69) is 10.2 Å². The molecule has 0 spiro atoms. The Hall–Kier alpha value is -3.57. The maximum atomic E-state index is 14.6. The number of benzene rings is 2. The van der Waals surface area contributed by atoms with E-state index in [-0.39, 0.29) is 17.7 Å². The molecule has 1 fully saturated rings. The maximum Gasteiger partial charge on any atom is 0.418 e. The van der Waals surface area contributed by atoms with Crippen molar-refractivity contribution in [2.45, 2.75) is 24.3 Å². The van der Waals surface area contributed by atoms with E-state index in [1.807, 2.05) is 58.7 Å². The van der Waals surface area contributed by atoms with Crippen LogP contribution in [-0.4, -0.2) is 55.3 Å². The summed E-state index contributed by atoms with van der Waals surface area (Å²) in [6.45, 7) is 2.46. The van der Waals surface area contributed by atoms with Crippen molar-refractivity contribution in [2.75, 3.05) is 43.4 Å². The topological polar surface area (TPSA) is 72.5 Å². The number of guanidine groups is 1. The van der Waals surface area contributed by atoms with Gasteiger partial charge >= 0.3 is 6.18 Å². The van der Waals surface area contributed by atoms with Gasteiger partial charge in [-0.3, -0.25) is 5.01 Å². The van der Waals surface area contributed by atoms with Gasteiger partial charge in [-0.15, -0.1) is 11.3 Å². The average molecular weight is 540 g/mol. The molecule has 3 aliphatic heterocycles. The van der Waals surface area contributed by atoms with Crippen LogP contribution < -0.4 is 16.0 Å². The van der Waals surface area contributed by atoms with E-state index in [0.29, 0.717) is 43.9 Å². The second-order valence-electron chi connectivity index (χ2n) is 9.78. The molecule has 6 rings (SSSR count). The minimum Gasteiger partial charge on any atom is -0.370 e. The Balaban J connectivity index is 1.55. The van der Waals surface area contributed by atoms with E-state index in [1.165, 1.54) is 17.4 Å². The molecule has 0 bridgehead atoms. The van der Waals surface area contributed by atoms with Gasteiger partial charge in [0.25, 0.3) is 0 Å². The molecule has 38 heavy (non-hydrogen) atoms. The molecule has 198 valence electrons. The van der Waals surface area contributed by atoms with Crippen molar-refractivity contribution in [3.05, 3.63) is 81.5 Å². The highest BCUT2D eigenvalue weighted by atomic mass is 32.1. The summed E-state index contributed by atoms with van der Waals surface area (Å²) in [6.07, 6.45) is -2.16. The van der Waals surface area contributed by atoms with Gasteiger partial charge in [0.15, 0.2) is 5.96 Å². The van der Waals surface area contributed by atoms with Gasteiger partial charge in [-0.1, -0.05) is 36.4 Å². The van der Waals surface area contributed by atoms with Gasteiger partial charge in [0.1, 0.15) is 0 Å². The standard InChI is InChI=1S/C27H28F3N7S/c1-35-12-14-36(15-13-35)23-8-7-19(17-20(23)27(28,29)30)26(24-21(10-16-38-24)33-25(31)34-26)37-22(9-11-32-37)18-5-3-2-4-6-18/h2-8,10-11,16-17,22H,9,12-15H2,1H3,(H3,31,33,34). The number of anilines is 2. The molecule has 0 aliphatic carbocycles. The Morgan fingerprint density at radius 1 is 1.05 bits per heavy atom. The summed E-state index contributed by atoms with van der Waals surface area (Å²) in [5, 5.41) is 11.5. The zero-order chi connectivity index (χ0) is 26.5. The van der Waals surface area contributed by atoms with Crippen molar-refractivity contribution in [1.82, 2.24) is 9.91 Å². The quantitative estimate of drug-likeness (QED) is 0.494. The number of alkyl halides is 3. The van der Waals surface area contributed by atoms with Crippen LogP contribution in [0.5, 0.6) is 0 Å². The molecule has 7 nitrogen and oxygen atoms in total. The number of nitrogens with one attached hydrogen (secondary N) is 1. The molecule has 3 N–H and O–H groups in total. The lowest BCUT2D eigenvalue weighted by molar-refractivity contribution is -0.137. The maximum absolute atomic E-state index is 14.6. The third kappa shape index (κ3) is 4.10. The van der Waals surface area contributed by atoms with Crippen molar-refractivity contribution in [3.8, 4) is 0 Å². The third-order valence-electron chi connectivity index (χ3n) is 7.42. The molecule has 2 aromatic carbocycles.